The number of para-hydroxylation sites is 4. The molecule has 162 valence electrons. The van der Waals surface area contributed by atoms with Crippen LogP contribution in [-0.4, -0.2) is 4.57 Å². The Morgan fingerprint density at radius 3 is 1.41 bits per heavy atom. The van der Waals surface area contributed by atoms with Crippen LogP contribution < -0.4 is 4.90 Å². The largest absolute Gasteiger partial charge is 0.310 e. The average Bonchev–Trinajstić information content (AvgIpc) is 3.14. The lowest BCUT2D eigenvalue weighted by molar-refractivity contribution is 0.977. The first-order chi connectivity index (χ1) is 16.9. The van der Waals surface area contributed by atoms with Gasteiger partial charge in [0.05, 0.1) is 11.0 Å². The maximum Gasteiger partial charge on any atom is 0.0541 e. The second kappa shape index (κ2) is 7.64. The van der Waals surface area contributed by atoms with Gasteiger partial charge in [0, 0.05) is 33.5 Å². The standard InChI is InChI=1S/C32H24N2/c1-5-13-29-23(9-1)17-18-24-10-2-6-14-30(24)33(29)25-19-21-26(22-20-25)34-31-15-7-3-11-27(31)28-12-4-8-16-32(28)34/h1-16,19-22H,17-18H2. The van der Waals surface area contributed by atoms with E-state index in [1.807, 2.05) is 0 Å². The van der Waals surface area contributed by atoms with Gasteiger partial charge in [0.25, 0.3) is 0 Å². The highest BCUT2D eigenvalue weighted by molar-refractivity contribution is 6.09. The van der Waals surface area contributed by atoms with Gasteiger partial charge in [-0.25, -0.2) is 0 Å². The molecule has 1 aromatic heterocycles. The molecule has 5 aromatic carbocycles. The van der Waals surface area contributed by atoms with Crippen LogP contribution in [0, 0.1) is 0 Å². The van der Waals surface area contributed by atoms with Crippen LogP contribution in [0.1, 0.15) is 11.1 Å². The lowest BCUT2D eigenvalue weighted by Crippen LogP contribution is -2.11. The number of hydrogen-bond donors (Lipinski definition) is 0. The van der Waals surface area contributed by atoms with E-state index in [4.69, 9.17) is 0 Å². The van der Waals surface area contributed by atoms with Crippen LogP contribution in [0.2, 0.25) is 0 Å². The molecular formula is C32H24N2. The number of aryl methyl sites for hydroxylation is 2. The zero-order chi connectivity index (χ0) is 22.5. The van der Waals surface area contributed by atoms with E-state index in [1.54, 1.807) is 0 Å². The fourth-order valence-corrected chi connectivity index (χ4v) is 5.51. The molecule has 0 N–H and O–H groups in total. The summed E-state index contributed by atoms with van der Waals surface area (Å²) in [5.41, 5.74) is 10.2. The van der Waals surface area contributed by atoms with Crippen LogP contribution in [0.25, 0.3) is 27.5 Å². The molecule has 34 heavy (non-hydrogen) atoms. The molecule has 2 nitrogen and oxygen atoms in total. The summed E-state index contributed by atoms with van der Waals surface area (Å²) in [6.45, 7) is 0. The second-order valence-corrected chi connectivity index (χ2v) is 8.98. The Hall–Kier alpha value is -4.30. The van der Waals surface area contributed by atoms with Gasteiger partial charge < -0.3 is 9.47 Å². The first-order valence-electron chi connectivity index (χ1n) is 11.9. The minimum Gasteiger partial charge on any atom is -0.310 e. The molecule has 0 saturated carbocycles. The Labute approximate surface area is 199 Å². The molecule has 0 amide bonds. The molecule has 0 aliphatic carbocycles. The number of hydrogen-bond acceptors (Lipinski definition) is 1. The Morgan fingerprint density at radius 1 is 0.412 bits per heavy atom. The molecule has 0 atom stereocenters. The van der Waals surface area contributed by atoms with Crippen LogP contribution >= 0.6 is 0 Å². The topological polar surface area (TPSA) is 8.17 Å². The first-order valence-corrected chi connectivity index (χ1v) is 11.9. The van der Waals surface area contributed by atoms with E-state index in [0.29, 0.717) is 0 Å². The molecule has 0 fully saturated rings. The van der Waals surface area contributed by atoms with Crippen molar-refractivity contribution in [1.29, 1.82) is 0 Å². The van der Waals surface area contributed by atoms with Crippen molar-refractivity contribution >= 4 is 38.9 Å². The van der Waals surface area contributed by atoms with E-state index in [1.165, 1.54) is 55.7 Å². The number of rotatable bonds is 2. The highest BCUT2D eigenvalue weighted by Crippen LogP contribution is 2.42. The second-order valence-electron chi connectivity index (χ2n) is 8.98. The monoisotopic (exact) mass is 436 g/mol. The molecule has 7 rings (SSSR count). The summed E-state index contributed by atoms with van der Waals surface area (Å²) in [7, 11) is 0. The summed E-state index contributed by atoms with van der Waals surface area (Å²) in [5.74, 6) is 0. The Bertz CT molecular complexity index is 1560. The summed E-state index contributed by atoms with van der Waals surface area (Å²) in [5, 5.41) is 2.58. The van der Waals surface area contributed by atoms with Crippen LogP contribution in [0.4, 0.5) is 17.1 Å². The Balaban J connectivity index is 1.41. The van der Waals surface area contributed by atoms with Gasteiger partial charge in [-0.15, -0.1) is 0 Å². The highest BCUT2D eigenvalue weighted by atomic mass is 15.1. The molecule has 0 saturated heterocycles. The number of aromatic nitrogens is 1. The molecular weight excluding hydrogens is 412 g/mol. The van der Waals surface area contributed by atoms with Crippen molar-refractivity contribution in [1.82, 2.24) is 4.57 Å². The number of nitrogens with zero attached hydrogens (tertiary/aromatic N) is 2. The molecule has 1 aliphatic heterocycles. The van der Waals surface area contributed by atoms with Crippen molar-refractivity contribution in [2.24, 2.45) is 0 Å². The van der Waals surface area contributed by atoms with Crippen molar-refractivity contribution < 1.29 is 0 Å². The van der Waals surface area contributed by atoms with E-state index < -0.39 is 0 Å². The van der Waals surface area contributed by atoms with E-state index in [2.05, 4.69) is 131 Å². The van der Waals surface area contributed by atoms with Crippen LogP contribution in [0.15, 0.2) is 121 Å². The third-order valence-corrected chi connectivity index (χ3v) is 7.07. The number of anilines is 3. The molecule has 0 unspecified atom stereocenters. The highest BCUT2D eigenvalue weighted by Gasteiger charge is 2.22. The fraction of sp³-hybridized carbons (Fsp3) is 0.0625. The molecule has 2 heterocycles. The Morgan fingerprint density at radius 2 is 0.853 bits per heavy atom. The van der Waals surface area contributed by atoms with Gasteiger partial charge in [0.1, 0.15) is 0 Å². The van der Waals surface area contributed by atoms with Gasteiger partial charge in [-0.2, -0.15) is 0 Å². The van der Waals surface area contributed by atoms with Gasteiger partial charge in [-0.05, 0) is 72.5 Å². The molecule has 0 bridgehead atoms. The van der Waals surface area contributed by atoms with Crippen LogP contribution in [0.3, 0.4) is 0 Å². The number of benzene rings is 5. The minimum atomic E-state index is 1.06. The van der Waals surface area contributed by atoms with Crippen molar-refractivity contribution in [3.05, 3.63) is 132 Å². The van der Waals surface area contributed by atoms with E-state index >= 15 is 0 Å². The lowest BCUT2D eigenvalue weighted by Gasteiger charge is -2.27. The summed E-state index contributed by atoms with van der Waals surface area (Å²) < 4.78 is 2.37. The van der Waals surface area contributed by atoms with Crippen molar-refractivity contribution in [2.75, 3.05) is 4.90 Å². The summed E-state index contributed by atoms with van der Waals surface area (Å²) >= 11 is 0. The van der Waals surface area contributed by atoms with Crippen molar-refractivity contribution in [3.63, 3.8) is 0 Å². The third-order valence-electron chi connectivity index (χ3n) is 7.07. The molecule has 6 aromatic rings. The maximum absolute atomic E-state index is 2.42. The third kappa shape index (κ3) is 2.89. The fourth-order valence-electron chi connectivity index (χ4n) is 5.51. The predicted molar refractivity (Wildman–Crippen MR) is 143 cm³/mol. The van der Waals surface area contributed by atoms with Gasteiger partial charge >= 0.3 is 0 Å². The molecule has 1 aliphatic rings. The minimum absolute atomic E-state index is 1.06. The summed E-state index contributed by atoms with van der Waals surface area (Å²) in [4.78, 5) is 2.42. The van der Waals surface area contributed by atoms with E-state index in [0.717, 1.165) is 12.8 Å². The van der Waals surface area contributed by atoms with Gasteiger partial charge in [0.2, 0.25) is 0 Å². The predicted octanol–water partition coefficient (Wildman–Crippen LogP) is 8.35. The molecule has 0 spiro atoms. The van der Waals surface area contributed by atoms with Crippen molar-refractivity contribution in [2.45, 2.75) is 12.8 Å². The van der Waals surface area contributed by atoms with Crippen LogP contribution in [0.5, 0.6) is 0 Å². The summed E-state index contributed by atoms with van der Waals surface area (Å²) in [6, 6.07) is 44.0. The number of fused-ring (bicyclic) bond motifs is 5. The molecule has 2 heteroatoms. The normalized spacial score (nSPS) is 13.0. The average molecular weight is 437 g/mol. The zero-order valence-corrected chi connectivity index (χ0v) is 18.9. The van der Waals surface area contributed by atoms with Gasteiger partial charge in [-0.3, -0.25) is 0 Å². The quantitative estimate of drug-likeness (QED) is 0.265. The van der Waals surface area contributed by atoms with Gasteiger partial charge in [0.15, 0.2) is 0 Å². The summed E-state index contributed by atoms with van der Waals surface area (Å²) in [6.07, 6.45) is 2.12. The SMILES string of the molecule is c1ccc2c(c1)CCc1ccccc1N2c1ccc(-n2c3ccccc3c3ccccc32)cc1. The Kier molecular flexibility index (Phi) is 4.31. The van der Waals surface area contributed by atoms with Crippen molar-refractivity contribution in [3.8, 4) is 5.69 Å². The van der Waals surface area contributed by atoms with Gasteiger partial charge in [-0.1, -0.05) is 72.8 Å². The molecule has 0 radical (unpaired) electrons. The van der Waals surface area contributed by atoms with E-state index in [9.17, 15) is 0 Å². The van der Waals surface area contributed by atoms with E-state index in [-0.39, 0.29) is 0 Å². The lowest BCUT2D eigenvalue weighted by atomic mass is 10.0. The zero-order valence-electron chi connectivity index (χ0n) is 18.9. The van der Waals surface area contributed by atoms with Crippen LogP contribution in [-0.2, 0) is 12.8 Å². The maximum atomic E-state index is 2.42. The smallest absolute Gasteiger partial charge is 0.0541 e. The first kappa shape index (κ1) is 19.2.